The fraction of sp³-hybridized carbons (Fsp3) is 0.509. The van der Waals surface area contributed by atoms with Crippen LogP contribution in [0.5, 0.6) is 23.0 Å². The van der Waals surface area contributed by atoms with E-state index in [-0.39, 0.29) is 84.4 Å². The van der Waals surface area contributed by atoms with Crippen LogP contribution in [0.1, 0.15) is 178 Å². The maximum absolute atomic E-state index is 12.8. The monoisotopic (exact) mass is 903 g/mol. The lowest BCUT2D eigenvalue weighted by atomic mass is 9.80. The molecule has 0 saturated heterocycles. The number of rotatable bonds is 12. The Hall–Kier alpha value is -5.28. The van der Waals surface area contributed by atoms with E-state index < -0.39 is 0 Å². The number of ketones is 4. The van der Waals surface area contributed by atoms with Gasteiger partial charge in [0.1, 0.15) is 49.4 Å². The normalized spacial score (nSPS) is 13.6. The highest BCUT2D eigenvalue weighted by molar-refractivity contribution is 5.78. The number of Topliss-reactive ketones (excluding diaryl/α,β-unsaturated/α-hetero) is 4. The smallest absolute Gasteiger partial charge is 0.167 e. The first-order valence-corrected chi connectivity index (χ1v) is 23.2. The number of fused-ring (bicyclic) bond motifs is 8. The van der Waals surface area contributed by atoms with Gasteiger partial charge in [0.2, 0.25) is 0 Å². The van der Waals surface area contributed by atoms with Gasteiger partial charge in [-0.05, 0) is 117 Å². The van der Waals surface area contributed by atoms with Crippen LogP contribution in [0.2, 0.25) is 0 Å². The molecule has 0 saturated carbocycles. The minimum absolute atomic E-state index is 0.122. The van der Waals surface area contributed by atoms with E-state index in [0.717, 1.165) is 66.8 Å². The van der Waals surface area contributed by atoms with Crippen LogP contribution in [0.25, 0.3) is 0 Å². The standard InChI is InChI=1S/C57H74O9/c1-34(58)28-63-50-38-17-39-21-47(55(8,9)10)23-41(51(39)64-29-35(2)59)19-43-25-49(57(14,15)16)27-45(53(43)66-31-37(4)61)33-62-32-44-26-48(56(11,12)13)24-42(52(44)65-30-36(3)60)18-40(50)22-46(20-38)54(5,6)7/h20-27H,17-19,28-33H2,1-16H3. The summed E-state index contributed by atoms with van der Waals surface area (Å²) in [5.41, 5.74) is 9.80. The highest BCUT2D eigenvalue weighted by Crippen LogP contribution is 2.43. The zero-order valence-corrected chi connectivity index (χ0v) is 42.7. The van der Waals surface area contributed by atoms with Crippen LogP contribution < -0.4 is 18.9 Å². The Labute approximate surface area is 394 Å². The van der Waals surface area contributed by atoms with E-state index >= 15 is 0 Å². The lowest BCUT2D eigenvalue weighted by Crippen LogP contribution is -2.19. The molecule has 0 radical (unpaired) electrons. The van der Waals surface area contributed by atoms with Crippen LogP contribution in [0, 0.1) is 0 Å². The van der Waals surface area contributed by atoms with Gasteiger partial charge in [0.05, 0.1) is 13.2 Å². The molecule has 4 aromatic carbocycles. The minimum atomic E-state index is -0.293. The summed E-state index contributed by atoms with van der Waals surface area (Å²) >= 11 is 0. The first-order chi connectivity index (χ1) is 30.5. The fourth-order valence-corrected chi connectivity index (χ4v) is 8.08. The lowest BCUT2D eigenvalue weighted by Gasteiger charge is -2.28. The molecular weight excluding hydrogens is 829 g/mol. The van der Waals surface area contributed by atoms with Gasteiger partial charge in [-0.2, -0.15) is 0 Å². The van der Waals surface area contributed by atoms with E-state index in [1.165, 1.54) is 27.7 Å². The molecule has 0 fully saturated rings. The van der Waals surface area contributed by atoms with Crippen LogP contribution >= 0.6 is 0 Å². The van der Waals surface area contributed by atoms with Crippen molar-refractivity contribution >= 4 is 23.1 Å². The number of carbonyl (C=O) groups excluding carboxylic acids is 4. The fourth-order valence-electron chi connectivity index (χ4n) is 8.08. The lowest BCUT2D eigenvalue weighted by molar-refractivity contribution is -0.119. The highest BCUT2D eigenvalue weighted by Gasteiger charge is 2.29. The third-order valence-electron chi connectivity index (χ3n) is 11.8. The van der Waals surface area contributed by atoms with Crippen molar-refractivity contribution in [3.63, 3.8) is 0 Å². The minimum Gasteiger partial charge on any atom is -0.485 e. The van der Waals surface area contributed by atoms with Gasteiger partial charge in [0, 0.05) is 30.4 Å². The van der Waals surface area contributed by atoms with E-state index in [1.54, 1.807) is 0 Å². The van der Waals surface area contributed by atoms with Crippen molar-refractivity contribution in [1.29, 1.82) is 0 Å². The number of benzene rings is 4. The molecular formula is C57H74O9. The van der Waals surface area contributed by atoms with Crippen LogP contribution in [-0.4, -0.2) is 49.6 Å². The third-order valence-corrected chi connectivity index (χ3v) is 11.8. The molecule has 4 aromatic rings. The molecule has 0 unspecified atom stereocenters. The average Bonchev–Trinajstić information content (AvgIpc) is 3.17. The van der Waals surface area contributed by atoms with Crippen LogP contribution in [0.15, 0.2) is 48.5 Å². The molecule has 0 aliphatic carbocycles. The van der Waals surface area contributed by atoms with Crippen molar-refractivity contribution in [2.45, 2.75) is 165 Å². The van der Waals surface area contributed by atoms with Crippen LogP contribution in [0.4, 0.5) is 0 Å². The van der Waals surface area contributed by atoms with Gasteiger partial charge in [-0.3, -0.25) is 19.2 Å². The molecule has 0 spiro atoms. The van der Waals surface area contributed by atoms with Gasteiger partial charge in [-0.25, -0.2) is 0 Å². The molecule has 0 atom stereocenters. The Bertz CT molecular complexity index is 2310. The average molecular weight is 903 g/mol. The second-order valence-corrected chi connectivity index (χ2v) is 22.5. The number of carbonyl (C=O) groups is 4. The van der Waals surface area contributed by atoms with Gasteiger partial charge in [0.25, 0.3) is 0 Å². The topological polar surface area (TPSA) is 114 Å². The first kappa shape index (κ1) is 51.7. The summed E-state index contributed by atoms with van der Waals surface area (Å²) in [5, 5.41) is 0. The second kappa shape index (κ2) is 20.3. The summed E-state index contributed by atoms with van der Waals surface area (Å²) in [6.45, 7) is 31.8. The largest absolute Gasteiger partial charge is 0.485 e. The molecule has 0 amide bonds. The molecule has 9 nitrogen and oxygen atoms in total. The van der Waals surface area contributed by atoms with E-state index in [1.807, 2.05) is 0 Å². The maximum Gasteiger partial charge on any atom is 0.167 e. The Balaban J connectivity index is 2.00. The summed E-state index contributed by atoms with van der Waals surface area (Å²) in [6.07, 6.45) is 1.06. The van der Waals surface area contributed by atoms with Gasteiger partial charge >= 0.3 is 0 Å². The Morgan fingerprint density at radius 2 is 0.545 bits per heavy atom. The van der Waals surface area contributed by atoms with E-state index in [0.29, 0.717) is 42.3 Å². The van der Waals surface area contributed by atoms with E-state index in [9.17, 15) is 19.2 Å². The van der Waals surface area contributed by atoms with Gasteiger partial charge in [0.15, 0.2) is 23.1 Å². The first-order valence-electron chi connectivity index (χ1n) is 23.2. The quantitative estimate of drug-likeness (QED) is 0.137. The van der Waals surface area contributed by atoms with Crippen molar-refractivity contribution < 1.29 is 42.9 Å². The van der Waals surface area contributed by atoms with Crippen molar-refractivity contribution in [1.82, 2.24) is 0 Å². The zero-order chi connectivity index (χ0) is 49.1. The number of hydrogen-bond donors (Lipinski definition) is 0. The van der Waals surface area contributed by atoms with Crippen LogP contribution in [0.3, 0.4) is 0 Å². The Morgan fingerprint density at radius 3 is 0.727 bits per heavy atom. The summed E-state index contributed by atoms with van der Waals surface area (Å²) in [4.78, 5) is 50.8. The molecule has 0 N–H and O–H groups in total. The van der Waals surface area contributed by atoms with Gasteiger partial charge in [-0.1, -0.05) is 119 Å². The van der Waals surface area contributed by atoms with Crippen molar-refractivity contribution in [3.8, 4) is 23.0 Å². The predicted molar refractivity (Wildman–Crippen MR) is 262 cm³/mol. The zero-order valence-electron chi connectivity index (χ0n) is 42.7. The highest BCUT2D eigenvalue weighted by atomic mass is 16.5. The summed E-state index contributed by atoms with van der Waals surface area (Å²) in [7, 11) is 0. The molecule has 8 bridgehead atoms. The SMILES string of the molecule is CC(=O)COc1c2cc(C(C)(C)C)cc1Cc1cc(C(C)(C)C)cc(c1OCC(C)=O)Cc1cc(C(C)(C)C)cc(c1OCC(C)=O)Cc1cc(C(C)(C)C)cc(c1OCC(C)=O)COC2. The van der Waals surface area contributed by atoms with Gasteiger partial charge in [-0.15, -0.1) is 0 Å². The molecule has 1 aliphatic rings. The molecule has 0 aromatic heterocycles. The summed E-state index contributed by atoms with van der Waals surface area (Å²) in [6, 6.07) is 17.2. The van der Waals surface area contributed by atoms with Gasteiger partial charge < -0.3 is 23.7 Å². The predicted octanol–water partition coefficient (Wildman–Crippen LogP) is 11.6. The maximum atomic E-state index is 12.8. The molecule has 1 aliphatic heterocycles. The summed E-state index contributed by atoms with van der Waals surface area (Å²) in [5.74, 6) is 1.78. The molecule has 9 heteroatoms. The Kier molecular flexibility index (Phi) is 15.9. The van der Waals surface area contributed by atoms with E-state index in [4.69, 9.17) is 23.7 Å². The molecule has 1 heterocycles. The second-order valence-electron chi connectivity index (χ2n) is 22.5. The Morgan fingerprint density at radius 1 is 0.364 bits per heavy atom. The van der Waals surface area contributed by atoms with Crippen molar-refractivity contribution in [2.75, 3.05) is 26.4 Å². The van der Waals surface area contributed by atoms with Crippen LogP contribution in [-0.2, 0) is 78.1 Å². The molecule has 5 rings (SSSR count). The van der Waals surface area contributed by atoms with E-state index in [2.05, 4.69) is 132 Å². The molecule has 356 valence electrons. The van der Waals surface area contributed by atoms with Crippen molar-refractivity contribution in [2.24, 2.45) is 0 Å². The third kappa shape index (κ3) is 13.4. The van der Waals surface area contributed by atoms with Crippen molar-refractivity contribution in [3.05, 3.63) is 115 Å². The molecule has 66 heavy (non-hydrogen) atoms. The number of hydrogen-bond acceptors (Lipinski definition) is 9. The summed E-state index contributed by atoms with van der Waals surface area (Å²) < 4.78 is 33.0. The number of ether oxygens (including phenoxy) is 5.